The fraction of sp³-hybridized carbons (Fsp3) is 0.364. The van der Waals surface area contributed by atoms with Crippen molar-refractivity contribution >= 4 is 34.1 Å². The van der Waals surface area contributed by atoms with Crippen LogP contribution in [-0.2, 0) is 6.54 Å². The molecule has 0 saturated heterocycles. The monoisotopic (exact) mass is 571 g/mol. The number of aliphatic hydroxyl groups excluding tert-OH is 1. The summed E-state index contributed by atoms with van der Waals surface area (Å²) in [5.74, 6) is 0.731. The average molecular weight is 572 g/mol. The lowest BCUT2D eigenvalue weighted by atomic mass is 9.91. The van der Waals surface area contributed by atoms with E-state index in [1.807, 2.05) is 50.2 Å². The average Bonchev–Trinajstić information content (AvgIpc) is 2.96. The van der Waals surface area contributed by atoms with Crippen molar-refractivity contribution in [3.8, 4) is 16.9 Å². The lowest BCUT2D eigenvalue weighted by Gasteiger charge is -2.23. The molecule has 2 heterocycles. The normalized spacial score (nSPS) is 11.3. The van der Waals surface area contributed by atoms with E-state index in [0.717, 1.165) is 29.4 Å². The molecule has 222 valence electrons. The fourth-order valence-corrected chi connectivity index (χ4v) is 5.28. The summed E-state index contributed by atoms with van der Waals surface area (Å²) >= 11 is 0. The van der Waals surface area contributed by atoms with Gasteiger partial charge in [-0.3, -0.25) is 9.36 Å². The second-order valence-corrected chi connectivity index (χ2v) is 11.0. The number of ether oxygens (including phenoxy) is 1. The highest BCUT2D eigenvalue weighted by atomic mass is 16.5. The van der Waals surface area contributed by atoms with E-state index in [9.17, 15) is 14.7 Å². The predicted molar refractivity (Wildman–Crippen MR) is 171 cm³/mol. The number of hydrogen-bond acceptors (Lipinski definition) is 6. The van der Waals surface area contributed by atoms with Gasteiger partial charge in [0.1, 0.15) is 23.7 Å². The SMILES string of the molecule is CCCCn1c(=O)c(NC(=O)Nc2c(C(C)C)ccc(N)c2C(C)C)c(-c2cccc(OCCO)c2)c2cccnc21. The molecule has 2 aromatic carbocycles. The molecule has 0 radical (unpaired) electrons. The number of amides is 2. The Labute approximate surface area is 246 Å². The largest absolute Gasteiger partial charge is 0.491 e. The van der Waals surface area contributed by atoms with E-state index < -0.39 is 6.03 Å². The number of fused-ring (bicyclic) bond motifs is 1. The molecule has 42 heavy (non-hydrogen) atoms. The molecule has 0 aliphatic rings. The number of rotatable bonds is 11. The smallest absolute Gasteiger partial charge is 0.323 e. The van der Waals surface area contributed by atoms with Gasteiger partial charge < -0.3 is 26.2 Å². The predicted octanol–water partition coefficient (Wildman–Crippen LogP) is 6.71. The van der Waals surface area contributed by atoms with Crippen LogP contribution < -0.4 is 26.7 Å². The number of nitrogens with one attached hydrogen (secondary N) is 2. The number of benzene rings is 2. The van der Waals surface area contributed by atoms with Gasteiger partial charge in [-0.25, -0.2) is 9.78 Å². The Morgan fingerprint density at radius 1 is 1.05 bits per heavy atom. The lowest BCUT2D eigenvalue weighted by molar-refractivity contribution is 0.201. The van der Waals surface area contributed by atoms with Crippen molar-refractivity contribution in [2.75, 3.05) is 29.6 Å². The van der Waals surface area contributed by atoms with E-state index >= 15 is 0 Å². The van der Waals surface area contributed by atoms with Crippen molar-refractivity contribution in [2.24, 2.45) is 0 Å². The van der Waals surface area contributed by atoms with E-state index in [1.165, 1.54) is 0 Å². The highest BCUT2D eigenvalue weighted by molar-refractivity contribution is 6.08. The molecule has 0 spiro atoms. The molecule has 2 aromatic heterocycles. The van der Waals surface area contributed by atoms with Gasteiger partial charge in [0, 0.05) is 34.9 Å². The number of nitrogen functional groups attached to an aromatic ring is 1. The second-order valence-electron chi connectivity index (χ2n) is 11.0. The molecule has 9 nitrogen and oxygen atoms in total. The van der Waals surface area contributed by atoms with Gasteiger partial charge in [-0.15, -0.1) is 0 Å². The molecule has 0 atom stereocenters. The summed E-state index contributed by atoms with van der Waals surface area (Å²) in [4.78, 5) is 32.5. The number of unbranched alkanes of at least 4 members (excludes halogenated alkanes) is 1. The van der Waals surface area contributed by atoms with Crippen molar-refractivity contribution in [1.29, 1.82) is 0 Å². The van der Waals surface area contributed by atoms with Gasteiger partial charge in [0.25, 0.3) is 5.56 Å². The van der Waals surface area contributed by atoms with E-state index in [-0.39, 0.29) is 36.3 Å². The number of aryl methyl sites for hydroxylation is 1. The zero-order valence-corrected chi connectivity index (χ0v) is 25.0. The molecular weight excluding hydrogens is 530 g/mol. The minimum atomic E-state index is -0.541. The number of anilines is 3. The summed E-state index contributed by atoms with van der Waals surface area (Å²) in [5, 5.41) is 15.9. The maximum absolute atomic E-state index is 14.1. The van der Waals surface area contributed by atoms with Crippen LogP contribution in [0.1, 0.15) is 70.4 Å². The van der Waals surface area contributed by atoms with Crippen molar-refractivity contribution in [3.05, 3.63) is 76.2 Å². The number of urea groups is 1. The number of aromatic nitrogens is 2. The van der Waals surface area contributed by atoms with Gasteiger partial charge in [0.05, 0.1) is 12.3 Å². The first-order valence-electron chi connectivity index (χ1n) is 14.5. The van der Waals surface area contributed by atoms with Gasteiger partial charge in [-0.2, -0.15) is 0 Å². The van der Waals surface area contributed by atoms with Crippen molar-refractivity contribution in [1.82, 2.24) is 9.55 Å². The molecule has 2 amide bonds. The molecule has 0 aliphatic heterocycles. The van der Waals surface area contributed by atoms with Crippen LogP contribution in [0.4, 0.5) is 21.9 Å². The summed E-state index contributed by atoms with van der Waals surface area (Å²) in [6, 6.07) is 14.2. The Morgan fingerprint density at radius 3 is 2.50 bits per heavy atom. The minimum Gasteiger partial charge on any atom is -0.491 e. The first-order valence-corrected chi connectivity index (χ1v) is 14.5. The summed E-state index contributed by atoms with van der Waals surface area (Å²) in [5.41, 5.74) is 11.0. The van der Waals surface area contributed by atoms with Crippen LogP contribution in [0.3, 0.4) is 0 Å². The standard InChI is InChI=1S/C33H41N5O4/c1-6-7-16-38-31-25(12-9-15-35-31)28(22-10-8-11-23(19-22)42-18-17-39)30(32(38)40)37-33(41)36-29-24(20(2)3)13-14-26(34)27(29)21(4)5/h8-15,19-21,39H,6-7,16-18,34H2,1-5H3,(H2,36,37,41). The van der Waals surface area contributed by atoms with E-state index in [2.05, 4.69) is 36.4 Å². The van der Waals surface area contributed by atoms with Crippen molar-refractivity contribution in [3.63, 3.8) is 0 Å². The topological polar surface area (TPSA) is 132 Å². The summed E-state index contributed by atoms with van der Waals surface area (Å²) < 4.78 is 7.29. The van der Waals surface area contributed by atoms with Gasteiger partial charge in [-0.05, 0) is 59.7 Å². The third-order valence-electron chi connectivity index (χ3n) is 7.23. The number of hydrogen-bond donors (Lipinski definition) is 4. The van der Waals surface area contributed by atoms with Crippen LogP contribution in [0.25, 0.3) is 22.2 Å². The van der Waals surface area contributed by atoms with E-state index in [0.29, 0.717) is 40.4 Å². The maximum Gasteiger partial charge on any atom is 0.323 e. The Kier molecular flexibility index (Phi) is 9.85. The Balaban J connectivity index is 1.90. The molecule has 0 aliphatic carbocycles. The second kappa shape index (κ2) is 13.5. The lowest BCUT2D eigenvalue weighted by Crippen LogP contribution is -2.30. The number of carbonyl (C=O) groups excluding carboxylic acids is 1. The number of pyridine rings is 2. The number of aliphatic hydroxyl groups is 1. The zero-order chi connectivity index (χ0) is 30.4. The highest BCUT2D eigenvalue weighted by Gasteiger charge is 2.23. The third kappa shape index (κ3) is 6.41. The zero-order valence-electron chi connectivity index (χ0n) is 25.0. The van der Waals surface area contributed by atoms with Crippen LogP contribution in [0.15, 0.2) is 59.5 Å². The van der Waals surface area contributed by atoms with Gasteiger partial charge in [0.15, 0.2) is 0 Å². The first kappa shape index (κ1) is 30.6. The van der Waals surface area contributed by atoms with Gasteiger partial charge >= 0.3 is 6.03 Å². The molecule has 5 N–H and O–H groups in total. The summed E-state index contributed by atoms with van der Waals surface area (Å²) in [6.07, 6.45) is 3.33. The van der Waals surface area contributed by atoms with E-state index in [1.54, 1.807) is 22.9 Å². The number of nitrogens with zero attached hydrogens (tertiary/aromatic N) is 2. The molecule has 0 unspecified atom stereocenters. The molecule has 4 aromatic rings. The fourth-order valence-electron chi connectivity index (χ4n) is 5.28. The molecule has 0 bridgehead atoms. The number of carbonyl (C=O) groups is 1. The third-order valence-corrected chi connectivity index (χ3v) is 7.23. The minimum absolute atomic E-state index is 0.0641. The molecular formula is C33H41N5O4. The molecule has 0 fully saturated rings. The quantitative estimate of drug-likeness (QED) is 0.148. The van der Waals surface area contributed by atoms with E-state index in [4.69, 9.17) is 10.5 Å². The Morgan fingerprint density at radius 2 is 1.81 bits per heavy atom. The van der Waals surface area contributed by atoms with Crippen molar-refractivity contribution < 1.29 is 14.6 Å². The number of nitrogens with two attached hydrogens (primary N) is 1. The summed E-state index contributed by atoms with van der Waals surface area (Å²) in [6.45, 7) is 10.7. The highest BCUT2D eigenvalue weighted by Crippen LogP contribution is 2.38. The van der Waals surface area contributed by atoms with Crippen LogP contribution in [0.2, 0.25) is 0 Å². The van der Waals surface area contributed by atoms with Gasteiger partial charge in [-0.1, -0.05) is 59.2 Å². The maximum atomic E-state index is 14.1. The van der Waals surface area contributed by atoms with Gasteiger partial charge in [0.2, 0.25) is 0 Å². The Hall–Kier alpha value is -4.37. The molecule has 9 heteroatoms. The molecule has 4 rings (SSSR count). The van der Waals surface area contributed by atoms with Crippen LogP contribution in [-0.4, -0.2) is 33.9 Å². The van der Waals surface area contributed by atoms with Crippen LogP contribution >= 0.6 is 0 Å². The summed E-state index contributed by atoms with van der Waals surface area (Å²) in [7, 11) is 0. The first-order chi connectivity index (χ1) is 20.2. The van der Waals surface area contributed by atoms with Crippen LogP contribution in [0, 0.1) is 0 Å². The van der Waals surface area contributed by atoms with Crippen LogP contribution in [0.5, 0.6) is 5.75 Å². The van der Waals surface area contributed by atoms with Crippen molar-refractivity contribution in [2.45, 2.75) is 65.8 Å². The molecule has 0 saturated carbocycles. The Bertz CT molecular complexity index is 1630.